The number of nitrogens with zero attached hydrogens (tertiary/aromatic N) is 1. The molecule has 0 saturated carbocycles. The van der Waals surface area contributed by atoms with Gasteiger partial charge in [0, 0.05) is 17.9 Å². The number of aromatic carboxylic acids is 1. The molecule has 2 rings (SSSR count). The zero-order valence-corrected chi connectivity index (χ0v) is 7.19. The highest BCUT2D eigenvalue weighted by Crippen LogP contribution is 2.11. The number of fused-ring (bicyclic) bond motifs is 1. The van der Waals surface area contributed by atoms with Gasteiger partial charge in [-0.2, -0.15) is 0 Å². The molecule has 2 heterocycles. The molecule has 3 nitrogen and oxygen atoms in total. The summed E-state index contributed by atoms with van der Waals surface area (Å²) in [5.41, 5.74) is 2.37. The normalized spacial score (nSPS) is 10.5. The van der Waals surface area contributed by atoms with Crippen LogP contribution >= 0.6 is 0 Å². The lowest BCUT2D eigenvalue weighted by molar-refractivity contribution is 0.0697. The lowest BCUT2D eigenvalue weighted by Crippen LogP contribution is -1.96. The monoisotopic (exact) mass is 175 g/mol. The summed E-state index contributed by atoms with van der Waals surface area (Å²) in [5.74, 6) is -0.888. The lowest BCUT2D eigenvalue weighted by Gasteiger charge is -1.96. The second-order valence-electron chi connectivity index (χ2n) is 3.07. The number of rotatable bonds is 1. The molecule has 0 fully saturated rings. The van der Waals surface area contributed by atoms with Gasteiger partial charge in [-0.15, -0.1) is 0 Å². The number of pyridine rings is 1. The Morgan fingerprint density at radius 3 is 2.92 bits per heavy atom. The summed E-state index contributed by atoms with van der Waals surface area (Å²) in [4.78, 5) is 10.6. The van der Waals surface area contributed by atoms with Gasteiger partial charge in [0.2, 0.25) is 0 Å². The Morgan fingerprint density at radius 1 is 1.46 bits per heavy atom. The number of carboxylic acids is 1. The predicted molar refractivity (Wildman–Crippen MR) is 49.1 cm³/mol. The van der Waals surface area contributed by atoms with E-state index in [0.29, 0.717) is 5.56 Å². The molecule has 0 radical (unpaired) electrons. The van der Waals surface area contributed by atoms with Crippen LogP contribution in [0.5, 0.6) is 0 Å². The minimum Gasteiger partial charge on any atom is -0.478 e. The summed E-state index contributed by atoms with van der Waals surface area (Å²) in [6, 6.07) is 5.20. The first-order valence-corrected chi connectivity index (χ1v) is 3.98. The highest BCUT2D eigenvalue weighted by atomic mass is 16.4. The highest BCUT2D eigenvalue weighted by molar-refractivity contribution is 5.89. The Hall–Kier alpha value is -1.77. The fourth-order valence-electron chi connectivity index (χ4n) is 1.39. The van der Waals surface area contributed by atoms with Crippen molar-refractivity contribution in [1.82, 2.24) is 4.40 Å². The van der Waals surface area contributed by atoms with Crippen LogP contribution in [0.2, 0.25) is 0 Å². The highest BCUT2D eigenvalue weighted by Gasteiger charge is 2.03. The first kappa shape index (κ1) is 7.86. The molecule has 0 aliphatic carbocycles. The van der Waals surface area contributed by atoms with Crippen LogP contribution in [0.15, 0.2) is 30.6 Å². The maximum atomic E-state index is 10.6. The minimum absolute atomic E-state index is 0.325. The van der Waals surface area contributed by atoms with Crippen molar-refractivity contribution in [2.75, 3.05) is 0 Å². The Labute approximate surface area is 75.2 Å². The van der Waals surface area contributed by atoms with E-state index in [4.69, 9.17) is 5.11 Å². The van der Waals surface area contributed by atoms with Crippen molar-refractivity contribution >= 4 is 11.5 Å². The van der Waals surface area contributed by atoms with E-state index in [1.54, 1.807) is 18.3 Å². The van der Waals surface area contributed by atoms with Gasteiger partial charge in [-0.1, -0.05) is 0 Å². The number of aromatic nitrogens is 1. The third-order valence-electron chi connectivity index (χ3n) is 1.98. The summed E-state index contributed by atoms with van der Waals surface area (Å²) in [7, 11) is 0. The number of carbonyl (C=O) groups is 1. The predicted octanol–water partition coefficient (Wildman–Crippen LogP) is 1.95. The summed E-state index contributed by atoms with van der Waals surface area (Å²) in [6.45, 7) is 1.98. The standard InChI is InChI=1S/C10H9NO2/c1-7-4-9-5-8(10(12)13)2-3-11(9)6-7/h2-6H,1H3,(H,12,13). The van der Waals surface area contributed by atoms with Gasteiger partial charge < -0.3 is 9.51 Å². The number of carboxylic acid groups (broad SMARTS) is 1. The molecule has 0 unspecified atom stereocenters. The van der Waals surface area contributed by atoms with E-state index >= 15 is 0 Å². The third kappa shape index (κ3) is 1.28. The average Bonchev–Trinajstić information content (AvgIpc) is 2.42. The van der Waals surface area contributed by atoms with Crippen molar-refractivity contribution in [3.05, 3.63) is 41.7 Å². The molecule has 0 aromatic carbocycles. The molecule has 0 spiro atoms. The smallest absolute Gasteiger partial charge is 0.335 e. The zero-order chi connectivity index (χ0) is 9.42. The Bertz CT molecular complexity index is 471. The molecule has 0 bridgehead atoms. The molecule has 3 heteroatoms. The Morgan fingerprint density at radius 2 is 2.23 bits per heavy atom. The van der Waals surface area contributed by atoms with Crippen LogP contribution in [0.25, 0.3) is 5.52 Å². The molecule has 2 aromatic heterocycles. The van der Waals surface area contributed by atoms with E-state index in [2.05, 4.69) is 0 Å². The second-order valence-corrected chi connectivity index (χ2v) is 3.07. The summed E-state index contributed by atoms with van der Waals surface area (Å²) < 4.78 is 1.90. The van der Waals surface area contributed by atoms with Gasteiger partial charge in [-0.25, -0.2) is 4.79 Å². The minimum atomic E-state index is -0.888. The van der Waals surface area contributed by atoms with E-state index in [9.17, 15) is 4.79 Å². The fraction of sp³-hybridized carbons (Fsp3) is 0.100. The number of aryl methyl sites for hydroxylation is 1. The summed E-state index contributed by atoms with van der Waals surface area (Å²) in [5, 5.41) is 8.74. The van der Waals surface area contributed by atoms with Crippen molar-refractivity contribution in [1.29, 1.82) is 0 Å². The largest absolute Gasteiger partial charge is 0.478 e. The van der Waals surface area contributed by atoms with Crippen molar-refractivity contribution in [2.45, 2.75) is 6.92 Å². The molecule has 13 heavy (non-hydrogen) atoms. The number of hydrogen-bond donors (Lipinski definition) is 1. The molecule has 0 amide bonds. The van der Waals surface area contributed by atoms with Crippen LogP contribution in [-0.2, 0) is 0 Å². The molecule has 1 N–H and O–H groups in total. The Balaban J connectivity index is 2.67. The molecular formula is C10H9NO2. The van der Waals surface area contributed by atoms with E-state index in [0.717, 1.165) is 11.1 Å². The molecule has 66 valence electrons. The van der Waals surface area contributed by atoms with Crippen molar-refractivity contribution in [3.63, 3.8) is 0 Å². The van der Waals surface area contributed by atoms with Crippen LogP contribution in [0.4, 0.5) is 0 Å². The van der Waals surface area contributed by atoms with E-state index in [-0.39, 0.29) is 0 Å². The molecule has 0 aliphatic rings. The first-order valence-electron chi connectivity index (χ1n) is 3.98. The van der Waals surface area contributed by atoms with Crippen LogP contribution in [-0.4, -0.2) is 15.5 Å². The Kier molecular flexibility index (Phi) is 1.59. The maximum absolute atomic E-state index is 10.6. The van der Waals surface area contributed by atoms with Crippen molar-refractivity contribution in [2.24, 2.45) is 0 Å². The first-order chi connectivity index (χ1) is 6.16. The maximum Gasteiger partial charge on any atom is 0.335 e. The van der Waals surface area contributed by atoms with Gasteiger partial charge >= 0.3 is 5.97 Å². The van der Waals surface area contributed by atoms with Gasteiger partial charge in [0.1, 0.15) is 0 Å². The van der Waals surface area contributed by atoms with E-state index in [1.165, 1.54) is 0 Å². The topological polar surface area (TPSA) is 41.7 Å². The van der Waals surface area contributed by atoms with Crippen LogP contribution in [0, 0.1) is 6.92 Å². The van der Waals surface area contributed by atoms with Crippen LogP contribution < -0.4 is 0 Å². The van der Waals surface area contributed by atoms with Crippen molar-refractivity contribution in [3.8, 4) is 0 Å². The summed E-state index contributed by atoms with van der Waals surface area (Å²) in [6.07, 6.45) is 3.72. The molecule has 0 aliphatic heterocycles. The molecule has 0 saturated heterocycles. The molecule has 0 atom stereocenters. The van der Waals surface area contributed by atoms with Crippen molar-refractivity contribution < 1.29 is 9.90 Å². The van der Waals surface area contributed by atoms with E-state index in [1.807, 2.05) is 23.6 Å². The van der Waals surface area contributed by atoms with E-state index < -0.39 is 5.97 Å². The third-order valence-corrected chi connectivity index (χ3v) is 1.98. The zero-order valence-electron chi connectivity index (χ0n) is 7.19. The van der Waals surface area contributed by atoms with Gasteiger partial charge in [0.05, 0.1) is 5.56 Å². The fourth-order valence-corrected chi connectivity index (χ4v) is 1.39. The van der Waals surface area contributed by atoms with Gasteiger partial charge in [0.15, 0.2) is 0 Å². The van der Waals surface area contributed by atoms with Crippen LogP contribution in [0.1, 0.15) is 15.9 Å². The SMILES string of the molecule is Cc1cc2cc(C(=O)O)ccn2c1. The second kappa shape index (κ2) is 2.62. The van der Waals surface area contributed by atoms with Crippen LogP contribution in [0.3, 0.4) is 0 Å². The molecular weight excluding hydrogens is 166 g/mol. The lowest BCUT2D eigenvalue weighted by atomic mass is 10.2. The van der Waals surface area contributed by atoms with Gasteiger partial charge in [-0.3, -0.25) is 0 Å². The molecule has 2 aromatic rings. The summed E-state index contributed by atoms with van der Waals surface area (Å²) >= 11 is 0. The average molecular weight is 175 g/mol. The van der Waals surface area contributed by atoms with Gasteiger partial charge in [0.25, 0.3) is 0 Å². The quantitative estimate of drug-likeness (QED) is 0.719. The van der Waals surface area contributed by atoms with Gasteiger partial charge in [-0.05, 0) is 30.7 Å². The number of hydrogen-bond acceptors (Lipinski definition) is 1.